The Morgan fingerprint density at radius 3 is 2.66 bits per heavy atom. The average molecular weight is 410 g/mol. The lowest BCUT2D eigenvalue weighted by Gasteiger charge is -2.50. The van der Waals surface area contributed by atoms with Crippen molar-refractivity contribution in [2.75, 3.05) is 32.9 Å². The summed E-state index contributed by atoms with van der Waals surface area (Å²) in [5.74, 6) is 2.35. The summed E-state index contributed by atoms with van der Waals surface area (Å²) in [7, 11) is 0. The van der Waals surface area contributed by atoms with Gasteiger partial charge in [0.1, 0.15) is 0 Å². The maximum Gasteiger partial charge on any atom is 0.0926 e. The van der Waals surface area contributed by atoms with Crippen LogP contribution in [-0.4, -0.2) is 71.4 Å². The minimum atomic E-state index is -0.709. The maximum atomic E-state index is 9.88. The molecule has 5 heteroatoms. The molecule has 168 valence electrons. The molecule has 5 nitrogen and oxygen atoms in total. The molecule has 3 N–H and O–H groups in total. The zero-order valence-electron chi connectivity index (χ0n) is 18.3. The van der Waals surface area contributed by atoms with E-state index in [0.717, 1.165) is 50.9 Å². The fraction of sp³-hybridized carbons (Fsp3) is 0.917. The van der Waals surface area contributed by atoms with Gasteiger partial charge in [-0.1, -0.05) is 13.0 Å². The number of fused-ring (bicyclic) bond motifs is 2. The molecule has 0 aromatic heterocycles. The Morgan fingerprint density at radius 1 is 1.07 bits per heavy atom. The molecule has 1 heterocycles. The summed E-state index contributed by atoms with van der Waals surface area (Å²) in [6.45, 7) is 9.55. The third-order valence-corrected chi connectivity index (χ3v) is 7.65. The van der Waals surface area contributed by atoms with Crippen molar-refractivity contribution in [2.24, 2.45) is 23.2 Å². The van der Waals surface area contributed by atoms with Crippen molar-refractivity contribution in [3.05, 3.63) is 12.7 Å². The van der Waals surface area contributed by atoms with E-state index < -0.39 is 12.2 Å². The Hall–Kier alpha value is -0.460. The van der Waals surface area contributed by atoms with Crippen LogP contribution in [0.15, 0.2) is 12.7 Å². The summed E-state index contributed by atoms with van der Waals surface area (Å²) in [6.07, 6.45) is 11.0. The van der Waals surface area contributed by atoms with Gasteiger partial charge in [0.25, 0.3) is 0 Å². The Kier molecular flexibility index (Phi) is 8.58. The first-order valence-corrected chi connectivity index (χ1v) is 11.9. The lowest BCUT2D eigenvalue weighted by atomic mass is 9.57. The fourth-order valence-corrected chi connectivity index (χ4v) is 6.49. The summed E-state index contributed by atoms with van der Waals surface area (Å²) in [5.41, 5.74) is 0.374. The van der Waals surface area contributed by atoms with Crippen LogP contribution in [0.5, 0.6) is 0 Å². The van der Waals surface area contributed by atoms with E-state index in [-0.39, 0.29) is 12.6 Å². The summed E-state index contributed by atoms with van der Waals surface area (Å²) in [5, 5.41) is 29.2. The molecule has 0 radical (unpaired) electrons. The normalized spacial score (nSPS) is 40.7. The van der Waals surface area contributed by atoms with E-state index in [0.29, 0.717) is 24.3 Å². The largest absolute Gasteiger partial charge is 0.395 e. The molecule has 2 saturated carbocycles. The lowest BCUT2D eigenvalue weighted by Crippen LogP contribution is -2.53. The number of likely N-dealkylation sites (tertiary alicyclic amines) is 1. The first-order valence-electron chi connectivity index (χ1n) is 11.9. The molecule has 2 bridgehead atoms. The molecule has 3 fully saturated rings. The number of nitrogens with zero attached hydrogens (tertiary/aromatic N) is 1. The van der Waals surface area contributed by atoms with Crippen LogP contribution in [0, 0.1) is 23.2 Å². The third-order valence-electron chi connectivity index (χ3n) is 7.65. The van der Waals surface area contributed by atoms with Gasteiger partial charge in [-0.25, -0.2) is 0 Å². The molecular formula is C24H43NO4. The van der Waals surface area contributed by atoms with Crippen molar-refractivity contribution in [1.29, 1.82) is 0 Å². The number of piperidine rings is 1. The van der Waals surface area contributed by atoms with E-state index in [1.54, 1.807) is 0 Å². The molecule has 0 spiro atoms. The van der Waals surface area contributed by atoms with Crippen molar-refractivity contribution in [3.8, 4) is 0 Å². The quantitative estimate of drug-likeness (QED) is 0.382. The molecule has 0 aromatic carbocycles. The highest BCUT2D eigenvalue weighted by molar-refractivity contribution is 4.99. The first kappa shape index (κ1) is 23.2. The third kappa shape index (κ3) is 6.27. The second-order valence-corrected chi connectivity index (χ2v) is 10.4. The average Bonchev–Trinajstić information content (AvgIpc) is 2.68. The number of rotatable bonds is 10. The van der Waals surface area contributed by atoms with Crippen LogP contribution in [0.1, 0.15) is 64.7 Å². The van der Waals surface area contributed by atoms with E-state index in [1.807, 2.05) is 0 Å². The molecule has 1 saturated heterocycles. The molecule has 29 heavy (non-hydrogen) atoms. The van der Waals surface area contributed by atoms with Gasteiger partial charge in [-0.3, -0.25) is 4.90 Å². The molecular weight excluding hydrogens is 366 g/mol. The van der Waals surface area contributed by atoms with Gasteiger partial charge in [0.2, 0.25) is 0 Å². The molecule has 7 atom stereocenters. The number of aliphatic hydroxyl groups is 3. The van der Waals surface area contributed by atoms with Gasteiger partial charge in [-0.2, -0.15) is 0 Å². The molecule has 0 amide bonds. The lowest BCUT2D eigenvalue weighted by molar-refractivity contribution is -0.0713. The Morgan fingerprint density at radius 2 is 1.90 bits per heavy atom. The smallest absolute Gasteiger partial charge is 0.0926 e. The molecule has 1 aliphatic heterocycles. The second kappa shape index (κ2) is 10.7. The van der Waals surface area contributed by atoms with E-state index >= 15 is 0 Å². The van der Waals surface area contributed by atoms with E-state index in [9.17, 15) is 15.3 Å². The van der Waals surface area contributed by atoms with Gasteiger partial charge in [-0.05, 0) is 87.5 Å². The monoisotopic (exact) mass is 409 g/mol. The van der Waals surface area contributed by atoms with E-state index in [4.69, 9.17) is 4.74 Å². The number of hydrogen-bond donors (Lipinski definition) is 3. The minimum Gasteiger partial charge on any atom is -0.395 e. The van der Waals surface area contributed by atoms with Crippen LogP contribution in [0.3, 0.4) is 0 Å². The van der Waals surface area contributed by atoms with Crippen molar-refractivity contribution in [1.82, 2.24) is 4.90 Å². The van der Waals surface area contributed by atoms with Crippen molar-refractivity contribution >= 4 is 0 Å². The summed E-state index contributed by atoms with van der Waals surface area (Å²) < 4.78 is 6.20. The van der Waals surface area contributed by atoms with Crippen LogP contribution in [0.25, 0.3) is 0 Å². The molecule has 3 aliphatic rings. The number of β-amino-alcohol motifs (C(OH)–C–C–N with tert-alkyl or cyclic N) is 1. The van der Waals surface area contributed by atoms with Gasteiger partial charge in [-0.15, -0.1) is 6.58 Å². The fourth-order valence-electron chi connectivity index (χ4n) is 6.49. The van der Waals surface area contributed by atoms with Crippen LogP contribution in [-0.2, 0) is 4.74 Å². The topological polar surface area (TPSA) is 73.2 Å². The number of allylic oxidation sites excluding steroid dienone is 1. The van der Waals surface area contributed by atoms with Gasteiger partial charge in [0.05, 0.1) is 25.4 Å². The second-order valence-electron chi connectivity index (χ2n) is 10.4. The van der Waals surface area contributed by atoms with Crippen molar-refractivity contribution < 1.29 is 20.1 Å². The Bertz CT molecular complexity index is 511. The van der Waals surface area contributed by atoms with E-state index in [2.05, 4.69) is 24.5 Å². The summed E-state index contributed by atoms with van der Waals surface area (Å²) in [6, 6.07) is -0.0332. The molecule has 3 rings (SSSR count). The number of ether oxygens (including phenoxy) is 1. The van der Waals surface area contributed by atoms with Gasteiger partial charge < -0.3 is 20.1 Å². The number of hydrogen-bond acceptors (Lipinski definition) is 5. The first-order chi connectivity index (χ1) is 13.9. The standard InChI is InChI=1S/C24H43NO4/c1-3-19-10-20-9-18(2)12-24(13-19,14-20)17-29-8-6-4-5-7-25-15-23(28)22(27)11-21(25)16-26/h3,18-23,26-28H,1,4-17H2,2H3/t18?,19-,20?,21-,22?,23+,24?/m1/s1. The predicted octanol–water partition coefficient (Wildman–Crippen LogP) is 2.98. The van der Waals surface area contributed by atoms with Gasteiger partial charge in [0.15, 0.2) is 0 Å². The Balaban J connectivity index is 1.33. The van der Waals surface area contributed by atoms with Crippen LogP contribution >= 0.6 is 0 Å². The molecule has 0 aromatic rings. The van der Waals surface area contributed by atoms with E-state index in [1.165, 1.54) is 32.1 Å². The van der Waals surface area contributed by atoms with Crippen LogP contribution < -0.4 is 0 Å². The highest BCUT2D eigenvalue weighted by Crippen LogP contribution is 2.53. The number of aliphatic hydroxyl groups excluding tert-OH is 3. The summed E-state index contributed by atoms with van der Waals surface area (Å²) in [4.78, 5) is 2.12. The number of unbranched alkanes of at least 4 members (excludes halogenated alkanes) is 2. The summed E-state index contributed by atoms with van der Waals surface area (Å²) >= 11 is 0. The Labute approximate surface area is 177 Å². The van der Waals surface area contributed by atoms with Crippen molar-refractivity contribution in [3.63, 3.8) is 0 Å². The highest BCUT2D eigenvalue weighted by Gasteiger charge is 2.44. The van der Waals surface area contributed by atoms with Gasteiger partial charge >= 0.3 is 0 Å². The SMILES string of the molecule is C=C[C@@H]1CC2CC(C)CC(COCCCCCN3C[C@H](O)C(O)C[C@@H]3CO)(C2)C1. The maximum absolute atomic E-state index is 9.88. The molecule has 4 unspecified atom stereocenters. The van der Waals surface area contributed by atoms with Crippen LogP contribution in [0.2, 0.25) is 0 Å². The minimum absolute atomic E-state index is 0.0332. The van der Waals surface area contributed by atoms with Gasteiger partial charge in [0, 0.05) is 19.2 Å². The predicted molar refractivity (Wildman–Crippen MR) is 116 cm³/mol. The zero-order valence-corrected chi connectivity index (χ0v) is 18.3. The van der Waals surface area contributed by atoms with Crippen molar-refractivity contribution in [2.45, 2.75) is 83.0 Å². The zero-order chi connectivity index (χ0) is 20.9. The van der Waals surface area contributed by atoms with Crippen LogP contribution in [0.4, 0.5) is 0 Å². The molecule has 2 aliphatic carbocycles. The highest BCUT2D eigenvalue weighted by atomic mass is 16.5.